The number of rotatable bonds is 8. The van der Waals surface area contributed by atoms with Gasteiger partial charge in [-0.25, -0.2) is 0 Å². The third kappa shape index (κ3) is 5.03. The van der Waals surface area contributed by atoms with Gasteiger partial charge >= 0.3 is 0 Å². The standard InChI is InChI=1S/C17H29N3O4/c1-4-15-8-16(24-18-15)17(22)20-10-13(7-14(11-20)12-21)9-19(2)5-6-23-3/h8,13-14,21H,4-7,9-12H2,1-3H3/t13-,14-/m1/s1. The van der Waals surface area contributed by atoms with Crippen molar-refractivity contribution in [3.8, 4) is 0 Å². The van der Waals surface area contributed by atoms with Gasteiger partial charge in [0.05, 0.1) is 12.3 Å². The van der Waals surface area contributed by atoms with Gasteiger partial charge in [-0.3, -0.25) is 4.79 Å². The molecule has 7 heteroatoms. The summed E-state index contributed by atoms with van der Waals surface area (Å²) in [7, 11) is 3.75. The number of nitrogens with zero attached hydrogens (tertiary/aromatic N) is 3. The minimum Gasteiger partial charge on any atom is -0.396 e. The average Bonchev–Trinajstić information content (AvgIpc) is 3.08. The first kappa shape index (κ1) is 18.9. The summed E-state index contributed by atoms with van der Waals surface area (Å²) in [5, 5.41) is 13.5. The van der Waals surface area contributed by atoms with E-state index in [0.717, 1.165) is 31.6 Å². The summed E-state index contributed by atoms with van der Waals surface area (Å²) in [6.07, 6.45) is 1.66. The summed E-state index contributed by atoms with van der Waals surface area (Å²) >= 11 is 0. The van der Waals surface area contributed by atoms with Gasteiger partial charge in [-0.05, 0) is 31.7 Å². The van der Waals surface area contributed by atoms with Crippen LogP contribution in [0.15, 0.2) is 10.6 Å². The van der Waals surface area contributed by atoms with Crippen LogP contribution < -0.4 is 0 Å². The largest absolute Gasteiger partial charge is 0.396 e. The predicted molar refractivity (Wildman–Crippen MR) is 89.8 cm³/mol. The van der Waals surface area contributed by atoms with Crippen molar-refractivity contribution in [2.24, 2.45) is 11.8 Å². The van der Waals surface area contributed by atoms with Crippen LogP contribution in [0, 0.1) is 11.8 Å². The van der Waals surface area contributed by atoms with Gasteiger partial charge in [0.1, 0.15) is 0 Å². The van der Waals surface area contributed by atoms with E-state index in [-0.39, 0.29) is 24.2 Å². The predicted octanol–water partition coefficient (Wildman–Crippen LogP) is 0.886. The number of piperidine rings is 1. The lowest BCUT2D eigenvalue weighted by molar-refractivity contribution is 0.0418. The number of carbonyl (C=O) groups is 1. The van der Waals surface area contributed by atoms with Crippen LogP contribution in [0.4, 0.5) is 0 Å². The maximum absolute atomic E-state index is 12.7. The number of amides is 1. The molecule has 136 valence electrons. The van der Waals surface area contributed by atoms with Crippen LogP contribution in [0.2, 0.25) is 0 Å². The van der Waals surface area contributed by atoms with Gasteiger partial charge in [-0.15, -0.1) is 0 Å². The molecule has 7 nitrogen and oxygen atoms in total. The minimum atomic E-state index is -0.134. The lowest BCUT2D eigenvalue weighted by Crippen LogP contribution is -2.47. The fourth-order valence-corrected chi connectivity index (χ4v) is 3.26. The lowest BCUT2D eigenvalue weighted by Gasteiger charge is -2.38. The first-order valence-electron chi connectivity index (χ1n) is 8.60. The summed E-state index contributed by atoms with van der Waals surface area (Å²) in [4.78, 5) is 16.7. The van der Waals surface area contributed by atoms with E-state index in [0.29, 0.717) is 25.6 Å². The first-order chi connectivity index (χ1) is 11.6. The Morgan fingerprint density at radius 2 is 2.25 bits per heavy atom. The first-order valence-corrected chi connectivity index (χ1v) is 8.60. The summed E-state index contributed by atoms with van der Waals surface area (Å²) in [5.74, 6) is 0.592. The molecular weight excluding hydrogens is 310 g/mol. The van der Waals surface area contributed by atoms with Crippen LogP contribution in [-0.4, -0.2) is 79.5 Å². The Hall–Kier alpha value is -1.44. The number of hydrogen-bond donors (Lipinski definition) is 1. The molecule has 0 saturated carbocycles. The monoisotopic (exact) mass is 339 g/mol. The highest BCUT2D eigenvalue weighted by Gasteiger charge is 2.32. The van der Waals surface area contributed by atoms with Crippen molar-refractivity contribution in [3.05, 3.63) is 17.5 Å². The van der Waals surface area contributed by atoms with Gasteiger partial charge in [0.15, 0.2) is 0 Å². The maximum Gasteiger partial charge on any atom is 0.292 e. The molecule has 1 saturated heterocycles. The Labute approximate surface area is 143 Å². The van der Waals surface area contributed by atoms with Crippen molar-refractivity contribution >= 4 is 5.91 Å². The second-order valence-electron chi connectivity index (χ2n) is 6.65. The van der Waals surface area contributed by atoms with Crippen LogP contribution in [0.3, 0.4) is 0 Å². The Morgan fingerprint density at radius 3 is 2.88 bits per heavy atom. The van der Waals surface area contributed by atoms with E-state index in [4.69, 9.17) is 9.26 Å². The molecule has 0 bridgehead atoms. The van der Waals surface area contributed by atoms with Gasteiger partial charge in [-0.2, -0.15) is 0 Å². The summed E-state index contributed by atoms with van der Waals surface area (Å²) in [5.41, 5.74) is 0.782. The molecule has 0 aliphatic carbocycles. The summed E-state index contributed by atoms with van der Waals surface area (Å²) < 4.78 is 10.3. The highest BCUT2D eigenvalue weighted by molar-refractivity contribution is 5.91. The number of methoxy groups -OCH3 is 1. The highest BCUT2D eigenvalue weighted by Crippen LogP contribution is 2.24. The van der Waals surface area contributed by atoms with Gasteiger partial charge in [0.2, 0.25) is 5.76 Å². The molecule has 2 heterocycles. The number of carbonyl (C=O) groups excluding carboxylic acids is 1. The average molecular weight is 339 g/mol. The number of aryl methyl sites for hydroxylation is 1. The quantitative estimate of drug-likeness (QED) is 0.758. The molecule has 1 aliphatic rings. The van der Waals surface area contributed by atoms with Gasteiger partial charge in [-0.1, -0.05) is 12.1 Å². The van der Waals surface area contributed by atoms with Crippen molar-refractivity contribution in [3.63, 3.8) is 0 Å². The third-order valence-electron chi connectivity index (χ3n) is 4.55. The fourth-order valence-electron chi connectivity index (χ4n) is 3.26. The topological polar surface area (TPSA) is 79.0 Å². The Morgan fingerprint density at radius 1 is 1.50 bits per heavy atom. The van der Waals surface area contributed by atoms with Crippen molar-refractivity contribution in [2.75, 3.05) is 53.6 Å². The third-order valence-corrected chi connectivity index (χ3v) is 4.55. The number of aromatic nitrogens is 1. The molecule has 0 aromatic carbocycles. The zero-order valence-electron chi connectivity index (χ0n) is 14.9. The van der Waals surface area contributed by atoms with Crippen LogP contribution in [-0.2, 0) is 11.2 Å². The zero-order chi connectivity index (χ0) is 17.5. The Balaban J connectivity index is 1.99. The molecule has 2 atom stereocenters. The van der Waals surface area contributed by atoms with E-state index in [1.165, 1.54) is 0 Å². The number of likely N-dealkylation sites (N-methyl/N-ethyl adjacent to an activating group) is 1. The SMILES string of the molecule is CCc1cc(C(=O)N2C[C@H](CO)C[C@H](CN(C)CCOC)C2)on1. The molecule has 0 unspecified atom stereocenters. The molecule has 1 aliphatic heterocycles. The Bertz CT molecular complexity index is 520. The number of aliphatic hydroxyl groups excluding tert-OH is 1. The molecule has 2 rings (SSSR count). The Kier molecular flexibility index (Phi) is 7.20. The van der Waals surface area contributed by atoms with Crippen molar-refractivity contribution in [2.45, 2.75) is 19.8 Å². The summed E-state index contributed by atoms with van der Waals surface area (Å²) in [6, 6.07) is 1.71. The lowest BCUT2D eigenvalue weighted by atomic mass is 9.89. The van der Waals surface area contributed by atoms with E-state index in [1.54, 1.807) is 18.1 Å². The molecule has 1 amide bonds. The van der Waals surface area contributed by atoms with E-state index in [1.807, 2.05) is 6.92 Å². The van der Waals surface area contributed by atoms with E-state index >= 15 is 0 Å². The molecular formula is C17H29N3O4. The minimum absolute atomic E-state index is 0.0959. The number of ether oxygens (including phenoxy) is 1. The number of aliphatic hydroxyl groups is 1. The van der Waals surface area contributed by atoms with Gasteiger partial charge < -0.3 is 24.2 Å². The van der Waals surface area contributed by atoms with Gasteiger partial charge in [0, 0.05) is 46.0 Å². The molecule has 1 aromatic rings. The summed E-state index contributed by atoms with van der Waals surface area (Å²) in [6.45, 7) is 5.73. The number of likely N-dealkylation sites (tertiary alicyclic amines) is 1. The molecule has 24 heavy (non-hydrogen) atoms. The molecule has 1 fully saturated rings. The van der Waals surface area contributed by atoms with Crippen LogP contribution >= 0.6 is 0 Å². The normalized spacial score (nSPS) is 21.5. The van der Waals surface area contributed by atoms with Gasteiger partial charge in [0.25, 0.3) is 5.91 Å². The van der Waals surface area contributed by atoms with E-state index in [2.05, 4.69) is 17.1 Å². The zero-order valence-corrected chi connectivity index (χ0v) is 14.9. The van der Waals surface area contributed by atoms with Crippen molar-refractivity contribution in [1.82, 2.24) is 15.0 Å². The second kappa shape index (κ2) is 9.15. The fraction of sp³-hybridized carbons (Fsp3) is 0.765. The van der Waals surface area contributed by atoms with Crippen LogP contribution in [0.1, 0.15) is 29.6 Å². The maximum atomic E-state index is 12.7. The molecule has 0 radical (unpaired) electrons. The smallest absolute Gasteiger partial charge is 0.292 e. The van der Waals surface area contributed by atoms with Crippen LogP contribution in [0.5, 0.6) is 0 Å². The number of hydrogen-bond acceptors (Lipinski definition) is 6. The van der Waals surface area contributed by atoms with E-state index < -0.39 is 0 Å². The van der Waals surface area contributed by atoms with Crippen molar-refractivity contribution < 1.29 is 19.2 Å². The van der Waals surface area contributed by atoms with E-state index in [9.17, 15) is 9.90 Å². The highest BCUT2D eigenvalue weighted by atomic mass is 16.5. The second-order valence-corrected chi connectivity index (χ2v) is 6.65. The molecule has 1 aromatic heterocycles. The van der Waals surface area contributed by atoms with Crippen molar-refractivity contribution in [1.29, 1.82) is 0 Å². The van der Waals surface area contributed by atoms with Crippen LogP contribution in [0.25, 0.3) is 0 Å². The molecule has 1 N–H and O–H groups in total. The molecule has 0 spiro atoms.